The summed E-state index contributed by atoms with van der Waals surface area (Å²) in [5.41, 5.74) is -0.0570. The average molecular weight is 378 g/mol. The lowest BCUT2D eigenvalue weighted by Gasteiger charge is -2.07. The Morgan fingerprint density at radius 2 is 1.73 bits per heavy atom. The van der Waals surface area contributed by atoms with Crippen molar-refractivity contribution in [2.75, 3.05) is 6.61 Å². The van der Waals surface area contributed by atoms with E-state index in [2.05, 4.69) is 0 Å². The van der Waals surface area contributed by atoms with Crippen LogP contribution in [0.2, 0.25) is 5.02 Å². The SMILES string of the molecule is CCCCOC(=O)c1ccc(OC(=O)c2ccc(Cl)c([N+](=O)[O-])c2)cc1. The van der Waals surface area contributed by atoms with E-state index in [1.54, 1.807) is 0 Å². The quantitative estimate of drug-likeness (QED) is 0.233. The normalized spacial score (nSPS) is 10.2. The van der Waals surface area contributed by atoms with Gasteiger partial charge in [-0.2, -0.15) is 0 Å². The molecule has 7 nitrogen and oxygen atoms in total. The van der Waals surface area contributed by atoms with Crippen molar-refractivity contribution in [1.82, 2.24) is 0 Å². The number of rotatable bonds is 7. The summed E-state index contributed by atoms with van der Waals surface area (Å²) in [4.78, 5) is 34.1. The van der Waals surface area contributed by atoms with Gasteiger partial charge in [-0.15, -0.1) is 0 Å². The van der Waals surface area contributed by atoms with Gasteiger partial charge in [-0.25, -0.2) is 9.59 Å². The van der Waals surface area contributed by atoms with E-state index in [4.69, 9.17) is 21.1 Å². The lowest BCUT2D eigenvalue weighted by atomic mass is 10.2. The van der Waals surface area contributed by atoms with E-state index >= 15 is 0 Å². The van der Waals surface area contributed by atoms with E-state index in [0.29, 0.717) is 12.2 Å². The third-order valence-electron chi connectivity index (χ3n) is 3.41. The number of nitro groups is 1. The predicted molar refractivity (Wildman–Crippen MR) is 94.7 cm³/mol. The van der Waals surface area contributed by atoms with Gasteiger partial charge in [0.1, 0.15) is 10.8 Å². The van der Waals surface area contributed by atoms with Gasteiger partial charge in [0.25, 0.3) is 5.69 Å². The van der Waals surface area contributed by atoms with Crippen LogP contribution in [0.4, 0.5) is 5.69 Å². The number of benzene rings is 2. The highest BCUT2D eigenvalue weighted by atomic mass is 35.5. The zero-order valence-corrected chi connectivity index (χ0v) is 14.7. The van der Waals surface area contributed by atoms with Gasteiger partial charge in [-0.1, -0.05) is 24.9 Å². The van der Waals surface area contributed by atoms with Crippen molar-refractivity contribution >= 4 is 29.2 Å². The van der Waals surface area contributed by atoms with Crippen LogP contribution >= 0.6 is 11.6 Å². The second-order valence-electron chi connectivity index (χ2n) is 5.33. The van der Waals surface area contributed by atoms with Gasteiger partial charge >= 0.3 is 11.9 Å². The summed E-state index contributed by atoms with van der Waals surface area (Å²) in [6.45, 7) is 2.34. The Balaban J connectivity index is 2.04. The molecule has 0 aromatic heterocycles. The van der Waals surface area contributed by atoms with Crippen LogP contribution < -0.4 is 4.74 Å². The Labute approximate surface area is 154 Å². The van der Waals surface area contributed by atoms with Crippen molar-refractivity contribution in [2.45, 2.75) is 19.8 Å². The summed E-state index contributed by atoms with van der Waals surface area (Å²) in [7, 11) is 0. The molecule has 2 aromatic carbocycles. The summed E-state index contributed by atoms with van der Waals surface area (Å²) in [5.74, 6) is -1.04. The molecular formula is C18H16ClNO6. The van der Waals surface area contributed by atoms with Crippen LogP contribution in [-0.2, 0) is 4.74 Å². The van der Waals surface area contributed by atoms with E-state index in [1.165, 1.54) is 36.4 Å². The van der Waals surface area contributed by atoms with Gasteiger partial charge in [0, 0.05) is 6.07 Å². The zero-order valence-electron chi connectivity index (χ0n) is 13.9. The summed E-state index contributed by atoms with van der Waals surface area (Å²) in [6, 6.07) is 9.46. The number of esters is 2. The standard InChI is InChI=1S/C18H16ClNO6/c1-2-3-10-25-17(21)12-4-7-14(8-5-12)26-18(22)13-6-9-15(19)16(11-13)20(23)24/h4-9,11H,2-3,10H2,1H3. The van der Waals surface area contributed by atoms with Crippen molar-refractivity contribution in [3.05, 3.63) is 68.7 Å². The van der Waals surface area contributed by atoms with Crippen LogP contribution in [0.3, 0.4) is 0 Å². The average Bonchev–Trinajstić information content (AvgIpc) is 2.62. The maximum atomic E-state index is 12.1. The number of carbonyl (C=O) groups is 2. The number of hydrogen-bond donors (Lipinski definition) is 0. The lowest BCUT2D eigenvalue weighted by molar-refractivity contribution is -0.384. The molecule has 2 rings (SSSR count). The summed E-state index contributed by atoms with van der Waals surface area (Å²) in [5, 5.41) is 10.8. The van der Waals surface area contributed by atoms with E-state index in [-0.39, 0.29) is 22.0 Å². The third kappa shape index (κ3) is 5.03. The summed E-state index contributed by atoms with van der Waals surface area (Å²) in [6.07, 6.45) is 1.71. The van der Waals surface area contributed by atoms with E-state index < -0.39 is 16.9 Å². The molecule has 26 heavy (non-hydrogen) atoms. The van der Waals surface area contributed by atoms with Crippen LogP contribution in [0, 0.1) is 10.1 Å². The molecule has 0 unspecified atom stereocenters. The van der Waals surface area contributed by atoms with E-state index in [1.807, 2.05) is 6.92 Å². The second-order valence-corrected chi connectivity index (χ2v) is 5.73. The highest BCUT2D eigenvalue weighted by Gasteiger charge is 2.18. The molecule has 0 heterocycles. The summed E-state index contributed by atoms with van der Waals surface area (Å²) < 4.78 is 10.2. The monoisotopic (exact) mass is 377 g/mol. The molecule has 0 saturated carbocycles. The van der Waals surface area contributed by atoms with Crippen molar-refractivity contribution < 1.29 is 24.0 Å². The maximum Gasteiger partial charge on any atom is 0.343 e. The topological polar surface area (TPSA) is 95.7 Å². The fourth-order valence-electron chi connectivity index (χ4n) is 2.00. The first-order chi connectivity index (χ1) is 12.4. The number of nitro benzene ring substituents is 1. The minimum Gasteiger partial charge on any atom is -0.462 e. The highest BCUT2D eigenvalue weighted by molar-refractivity contribution is 6.32. The van der Waals surface area contributed by atoms with Crippen molar-refractivity contribution in [3.8, 4) is 5.75 Å². The molecule has 0 radical (unpaired) electrons. The van der Waals surface area contributed by atoms with Gasteiger partial charge in [0.05, 0.1) is 22.7 Å². The minimum atomic E-state index is -0.775. The molecule has 0 atom stereocenters. The molecule has 0 aliphatic carbocycles. The fraction of sp³-hybridized carbons (Fsp3) is 0.222. The number of unbranched alkanes of at least 4 members (excludes halogenated alkanes) is 1. The number of hydrogen-bond acceptors (Lipinski definition) is 6. The first-order valence-corrected chi connectivity index (χ1v) is 8.23. The molecule has 0 amide bonds. The molecule has 0 aliphatic heterocycles. The Morgan fingerprint density at radius 3 is 2.35 bits per heavy atom. The number of ether oxygens (including phenoxy) is 2. The molecule has 136 valence electrons. The van der Waals surface area contributed by atoms with Crippen molar-refractivity contribution in [1.29, 1.82) is 0 Å². The molecule has 2 aromatic rings. The predicted octanol–water partition coefficient (Wildman–Crippen LogP) is 4.42. The van der Waals surface area contributed by atoms with Crippen molar-refractivity contribution in [3.63, 3.8) is 0 Å². The Kier molecular flexibility index (Phi) is 6.68. The molecule has 0 N–H and O–H groups in total. The third-order valence-corrected chi connectivity index (χ3v) is 3.73. The number of halogens is 1. The molecular weight excluding hydrogens is 362 g/mol. The van der Waals surface area contributed by atoms with Gasteiger partial charge < -0.3 is 9.47 Å². The first-order valence-electron chi connectivity index (χ1n) is 7.85. The van der Waals surface area contributed by atoms with Crippen molar-refractivity contribution in [2.24, 2.45) is 0 Å². The molecule has 8 heteroatoms. The molecule has 0 aliphatic rings. The Morgan fingerprint density at radius 1 is 1.08 bits per heavy atom. The van der Waals surface area contributed by atoms with Crippen LogP contribution in [0.25, 0.3) is 0 Å². The van der Waals surface area contributed by atoms with Gasteiger partial charge in [0.2, 0.25) is 0 Å². The first kappa shape index (κ1) is 19.4. The van der Waals surface area contributed by atoms with Gasteiger partial charge in [-0.05, 0) is 42.8 Å². The highest BCUT2D eigenvalue weighted by Crippen LogP contribution is 2.25. The maximum absolute atomic E-state index is 12.1. The molecule has 0 bridgehead atoms. The van der Waals surface area contributed by atoms with Crippen LogP contribution in [0.15, 0.2) is 42.5 Å². The molecule has 0 spiro atoms. The van der Waals surface area contributed by atoms with Gasteiger partial charge in [-0.3, -0.25) is 10.1 Å². The van der Waals surface area contributed by atoms with Crippen LogP contribution in [0.1, 0.15) is 40.5 Å². The van der Waals surface area contributed by atoms with E-state index in [9.17, 15) is 19.7 Å². The fourth-order valence-corrected chi connectivity index (χ4v) is 2.18. The Bertz CT molecular complexity index is 819. The largest absolute Gasteiger partial charge is 0.462 e. The number of nitrogens with zero attached hydrogens (tertiary/aromatic N) is 1. The minimum absolute atomic E-state index is 0.0100. The molecule has 0 saturated heterocycles. The van der Waals surface area contributed by atoms with Gasteiger partial charge in [0.15, 0.2) is 0 Å². The Hall–Kier alpha value is -2.93. The van der Waals surface area contributed by atoms with Crippen LogP contribution in [0.5, 0.6) is 5.75 Å². The second kappa shape index (κ2) is 8.96. The smallest absolute Gasteiger partial charge is 0.343 e. The number of carbonyl (C=O) groups excluding carboxylic acids is 2. The van der Waals surface area contributed by atoms with E-state index in [0.717, 1.165) is 18.9 Å². The lowest BCUT2D eigenvalue weighted by Crippen LogP contribution is -2.10. The summed E-state index contributed by atoms with van der Waals surface area (Å²) >= 11 is 5.71. The zero-order chi connectivity index (χ0) is 19.1. The van der Waals surface area contributed by atoms with Crippen LogP contribution in [-0.4, -0.2) is 23.5 Å². The molecule has 0 fully saturated rings.